The molecule has 0 aromatic carbocycles. The Labute approximate surface area is 172 Å². The molecule has 1 saturated heterocycles. The number of hydrogen-bond donors (Lipinski definition) is 1. The number of amides is 3. The van der Waals surface area contributed by atoms with Crippen molar-refractivity contribution in [1.82, 2.24) is 20.1 Å². The van der Waals surface area contributed by atoms with E-state index < -0.39 is 24.6 Å². The first-order valence-corrected chi connectivity index (χ1v) is 9.79. The average Bonchev–Trinajstić information content (AvgIpc) is 3.32. The predicted molar refractivity (Wildman–Crippen MR) is 104 cm³/mol. The lowest BCUT2D eigenvalue weighted by Crippen LogP contribution is -2.43. The van der Waals surface area contributed by atoms with Crippen molar-refractivity contribution in [2.75, 3.05) is 19.6 Å². The van der Waals surface area contributed by atoms with Crippen LogP contribution in [-0.2, 0) is 17.7 Å². The van der Waals surface area contributed by atoms with E-state index in [0.29, 0.717) is 24.5 Å². The molecule has 1 spiro atoms. The number of rotatable bonds is 2. The maximum Gasteiger partial charge on any atom is 0.410 e. The fourth-order valence-corrected chi connectivity index (χ4v) is 4.03. The van der Waals surface area contributed by atoms with E-state index in [2.05, 4.69) is 10.3 Å². The van der Waals surface area contributed by atoms with E-state index in [1.54, 1.807) is 4.90 Å². The van der Waals surface area contributed by atoms with E-state index in [1.165, 1.54) is 18.5 Å². The molecule has 1 atom stereocenters. The molecule has 7 heteroatoms. The topological polar surface area (TPSA) is 74.8 Å². The third kappa shape index (κ3) is 3.93. The Bertz CT molecular complexity index is 891. The highest BCUT2D eigenvalue weighted by molar-refractivity contribution is 5.75. The summed E-state index contributed by atoms with van der Waals surface area (Å²) in [6, 6.07) is 0.638. The van der Waals surface area contributed by atoms with Crippen LogP contribution in [0.1, 0.15) is 56.6 Å². The Morgan fingerprint density at radius 1 is 1.29 bits per heavy atom. The zero-order valence-electron chi connectivity index (χ0n) is 20.6. The van der Waals surface area contributed by atoms with Crippen LogP contribution >= 0.6 is 0 Å². The van der Waals surface area contributed by atoms with E-state index in [4.69, 9.17) is 10.2 Å². The standard InChI is InChI=1S/C21H30N4O3/c1-20(2,3)28-19(27)24-8-5-21(6-9-24)10-17(21)12-23-18(26)25-13-15-4-7-22-11-16(15)14-25/h4,7,11,17H,5-6,8-10,12-14H2,1-3H3,(H,23,26)/i13D2,14D2. The molecule has 1 aliphatic carbocycles. The minimum atomic E-state index is -2.29. The van der Waals surface area contributed by atoms with Crippen LogP contribution in [0.5, 0.6) is 0 Å². The molecular weight excluding hydrogens is 356 g/mol. The van der Waals surface area contributed by atoms with E-state index in [0.717, 1.165) is 19.3 Å². The second-order valence-corrected chi connectivity index (χ2v) is 8.90. The van der Waals surface area contributed by atoms with Gasteiger partial charge in [-0.15, -0.1) is 0 Å². The van der Waals surface area contributed by atoms with Crippen LogP contribution in [-0.4, -0.2) is 52.1 Å². The van der Waals surface area contributed by atoms with Gasteiger partial charge in [-0.05, 0) is 68.6 Å². The molecule has 1 N–H and O–H groups in total. The summed E-state index contributed by atoms with van der Waals surface area (Å²) in [7, 11) is 0. The maximum absolute atomic E-state index is 12.9. The summed E-state index contributed by atoms with van der Waals surface area (Å²) in [6.45, 7) is 2.53. The molecule has 3 heterocycles. The van der Waals surface area contributed by atoms with Crippen molar-refractivity contribution in [3.63, 3.8) is 0 Å². The van der Waals surface area contributed by atoms with Crippen LogP contribution < -0.4 is 5.32 Å². The first-order valence-electron chi connectivity index (χ1n) is 11.8. The number of carbonyl (C=O) groups is 2. The van der Waals surface area contributed by atoms with Gasteiger partial charge in [0.25, 0.3) is 0 Å². The minimum Gasteiger partial charge on any atom is -0.444 e. The Morgan fingerprint density at radius 3 is 2.68 bits per heavy atom. The van der Waals surface area contributed by atoms with Crippen molar-refractivity contribution in [1.29, 1.82) is 0 Å². The van der Waals surface area contributed by atoms with Gasteiger partial charge in [-0.25, -0.2) is 9.59 Å². The molecule has 152 valence electrons. The SMILES string of the molecule is [2H]C1([2H])c2ccncc2C([2H])([2H])N1C(=O)NCC1CC12CCN(C(=O)OC(C)(C)C)CC2. The zero-order chi connectivity index (χ0) is 23.5. The van der Waals surface area contributed by atoms with Gasteiger partial charge < -0.3 is 19.9 Å². The van der Waals surface area contributed by atoms with Gasteiger partial charge in [-0.3, -0.25) is 4.98 Å². The summed E-state index contributed by atoms with van der Waals surface area (Å²) in [6.07, 6.45) is 4.95. The molecule has 7 nitrogen and oxygen atoms in total. The number of pyridine rings is 1. The first-order chi connectivity index (χ1) is 14.8. The highest BCUT2D eigenvalue weighted by Crippen LogP contribution is 2.59. The lowest BCUT2D eigenvalue weighted by molar-refractivity contribution is 0.0165. The smallest absolute Gasteiger partial charge is 0.410 e. The van der Waals surface area contributed by atoms with E-state index >= 15 is 0 Å². The Kier molecular flexibility index (Phi) is 3.63. The van der Waals surface area contributed by atoms with Crippen LogP contribution in [0.25, 0.3) is 0 Å². The second kappa shape index (κ2) is 6.94. The van der Waals surface area contributed by atoms with Crippen LogP contribution in [0.15, 0.2) is 18.5 Å². The number of likely N-dealkylation sites (tertiary alicyclic amines) is 1. The van der Waals surface area contributed by atoms with Crippen LogP contribution in [0.3, 0.4) is 0 Å². The molecule has 4 rings (SSSR count). The number of nitrogens with zero attached hydrogens (tertiary/aromatic N) is 3. The average molecular weight is 391 g/mol. The largest absolute Gasteiger partial charge is 0.444 e. The van der Waals surface area contributed by atoms with Gasteiger partial charge in [0, 0.05) is 45.0 Å². The molecule has 0 bridgehead atoms. The van der Waals surface area contributed by atoms with E-state index in [-0.39, 0.29) is 28.6 Å². The monoisotopic (exact) mass is 390 g/mol. The molecule has 1 aromatic rings. The molecule has 2 fully saturated rings. The van der Waals surface area contributed by atoms with Gasteiger partial charge in [-0.2, -0.15) is 0 Å². The van der Waals surface area contributed by atoms with Gasteiger partial charge in [0.05, 0.1) is 5.48 Å². The molecule has 2 aliphatic heterocycles. The predicted octanol–water partition coefficient (Wildman–Crippen LogP) is 3.14. The summed E-state index contributed by atoms with van der Waals surface area (Å²) in [5.41, 5.74) is -0.274. The van der Waals surface area contributed by atoms with Crippen LogP contribution in [0.2, 0.25) is 0 Å². The van der Waals surface area contributed by atoms with Gasteiger partial charge in [0.2, 0.25) is 0 Å². The molecule has 1 unspecified atom stereocenters. The van der Waals surface area contributed by atoms with Crippen LogP contribution in [0, 0.1) is 11.3 Å². The van der Waals surface area contributed by atoms with E-state index in [1.807, 2.05) is 20.8 Å². The molecule has 0 radical (unpaired) electrons. The number of ether oxygens (including phenoxy) is 1. The highest BCUT2D eigenvalue weighted by Gasteiger charge is 2.55. The van der Waals surface area contributed by atoms with Crippen molar-refractivity contribution in [2.24, 2.45) is 11.3 Å². The molecule has 1 saturated carbocycles. The summed E-state index contributed by atoms with van der Waals surface area (Å²) >= 11 is 0. The number of piperidine rings is 1. The fraction of sp³-hybridized carbons (Fsp3) is 0.667. The van der Waals surface area contributed by atoms with Crippen molar-refractivity contribution < 1.29 is 19.8 Å². The number of urea groups is 1. The summed E-state index contributed by atoms with van der Waals surface area (Å²) in [5, 5.41) is 2.75. The lowest BCUT2D eigenvalue weighted by Gasteiger charge is -2.34. The third-order valence-corrected chi connectivity index (χ3v) is 5.76. The Hall–Kier alpha value is -2.31. The fourth-order valence-electron chi connectivity index (χ4n) is 4.03. The number of carbonyl (C=O) groups excluding carboxylic acids is 2. The van der Waals surface area contributed by atoms with Crippen molar-refractivity contribution in [3.8, 4) is 0 Å². The molecule has 3 amide bonds. The number of fused-ring (bicyclic) bond motifs is 1. The Balaban J connectivity index is 1.33. The molecule has 3 aliphatic rings. The van der Waals surface area contributed by atoms with Crippen molar-refractivity contribution >= 4 is 12.1 Å². The zero-order valence-corrected chi connectivity index (χ0v) is 16.6. The lowest BCUT2D eigenvalue weighted by atomic mass is 9.91. The molecular formula is C21H30N4O3. The second-order valence-electron chi connectivity index (χ2n) is 8.90. The van der Waals surface area contributed by atoms with E-state index in [9.17, 15) is 9.59 Å². The van der Waals surface area contributed by atoms with Crippen LogP contribution in [0.4, 0.5) is 9.59 Å². The van der Waals surface area contributed by atoms with Gasteiger partial charge in [-0.1, -0.05) is 0 Å². The van der Waals surface area contributed by atoms with Gasteiger partial charge in [0.1, 0.15) is 5.60 Å². The maximum atomic E-state index is 12.9. The number of nitrogens with one attached hydrogen (secondary N) is 1. The summed E-state index contributed by atoms with van der Waals surface area (Å²) in [4.78, 5) is 31.4. The third-order valence-electron chi connectivity index (χ3n) is 5.76. The van der Waals surface area contributed by atoms with Gasteiger partial charge >= 0.3 is 12.1 Å². The van der Waals surface area contributed by atoms with Gasteiger partial charge in [0.15, 0.2) is 0 Å². The highest BCUT2D eigenvalue weighted by atomic mass is 16.6. The number of hydrogen-bond acceptors (Lipinski definition) is 4. The number of aromatic nitrogens is 1. The molecule has 28 heavy (non-hydrogen) atoms. The summed E-state index contributed by atoms with van der Waals surface area (Å²) < 4.78 is 38.8. The van der Waals surface area contributed by atoms with Crippen molar-refractivity contribution in [2.45, 2.75) is 58.6 Å². The first kappa shape index (κ1) is 14.7. The minimum absolute atomic E-state index is 0.0672. The molecule has 1 aromatic heterocycles. The normalized spacial score (nSPS) is 28.5. The summed E-state index contributed by atoms with van der Waals surface area (Å²) in [5.74, 6) is 0.232. The van der Waals surface area contributed by atoms with Crippen molar-refractivity contribution in [3.05, 3.63) is 29.6 Å². The Morgan fingerprint density at radius 2 is 2.00 bits per heavy atom. The quantitative estimate of drug-likeness (QED) is 0.842.